The first-order chi connectivity index (χ1) is 6.27. The quantitative estimate of drug-likeness (QED) is 0.597. The topological polar surface area (TPSA) is 32.3 Å². The highest BCUT2D eigenvalue weighted by molar-refractivity contribution is 5.95. The molecule has 2 saturated heterocycles. The van der Waals surface area contributed by atoms with Gasteiger partial charge in [0.2, 0.25) is 5.91 Å². The molecule has 0 saturated carbocycles. The van der Waals surface area contributed by atoms with Crippen LogP contribution in [0.3, 0.4) is 0 Å². The summed E-state index contributed by atoms with van der Waals surface area (Å²) in [5, 5.41) is 2.83. The van der Waals surface area contributed by atoms with Gasteiger partial charge in [0, 0.05) is 18.2 Å². The number of amides is 1. The highest BCUT2D eigenvalue weighted by Gasteiger charge is 2.22. The van der Waals surface area contributed by atoms with Crippen molar-refractivity contribution in [3.05, 3.63) is 11.6 Å². The van der Waals surface area contributed by atoms with Gasteiger partial charge in [0.15, 0.2) is 0 Å². The molecule has 0 bridgehead atoms. The number of carbonyl (C=O) groups excluding carboxylic acids is 1. The molecule has 3 heteroatoms. The molecule has 0 aromatic heterocycles. The molecule has 2 aliphatic rings. The molecule has 2 aliphatic heterocycles. The Bertz CT molecular complexity index is 247. The molecule has 2 fully saturated rings. The summed E-state index contributed by atoms with van der Waals surface area (Å²) in [4.78, 5) is 13.6. The zero-order chi connectivity index (χ0) is 9.26. The van der Waals surface area contributed by atoms with Crippen molar-refractivity contribution in [2.24, 2.45) is 0 Å². The minimum Gasteiger partial charge on any atom is -0.352 e. The van der Waals surface area contributed by atoms with Gasteiger partial charge in [-0.1, -0.05) is 6.08 Å². The molecule has 0 spiro atoms. The summed E-state index contributed by atoms with van der Waals surface area (Å²) in [6, 6.07) is 0.499. The Morgan fingerprint density at radius 2 is 2.46 bits per heavy atom. The Hall–Kier alpha value is -0.830. The predicted octanol–water partition coefficient (Wildman–Crippen LogP) is 0.527. The van der Waals surface area contributed by atoms with Crippen molar-refractivity contribution < 1.29 is 4.79 Å². The van der Waals surface area contributed by atoms with Gasteiger partial charge in [-0.15, -0.1) is 0 Å². The maximum absolute atomic E-state index is 11.3. The fourth-order valence-corrected chi connectivity index (χ4v) is 2.08. The Morgan fingerprint density at radius 3 is 3.00 bits per heavy atom. The SMILES string of the molecule is CN1CCC[C@@H]1/C=C1\CCNC1=O. The van der Waals surface area contributed by atoms with Crippen molar-refractivity contribution in [2.75, 3.05) is 20.1 Å². The zero-order valence-electron chi connectivity index (χ0n) is 8.05. The largest absolute Gasteiger partial charge is 0.352 e. The van der Waals surface area contributed by atoms with Gasteiger partial charge in [-0.05, 0) is 32.9 Å². The molecule has 72 valence electrons. The van der Waals surface area contributed by atoms with Gasteiger partial charge in [-0.25, -0.2) is 0 Å². The van der Waals surface area contributed by atoms with Crippen LogP contribution >= 0.6 is 0 Å². The number of carbonyl (C=O) groups is 1. The average molecular weight is 180 g/mol. The lowest BCUT2D eigenvalue weighted by atomic mass is 10.1. The van der Waals surface area contributed by atoms with E-state index in [1.54, 1.807) is 0 Å². The molecule has 3 nitrogen and oxygen atoms in total. The van der Waals surface area contributed by atoms with Crippen LogP contribution in [0.25, 0.3) is 0 Å². The lowest BCUT2D eigenvalue weighted by molar-refractivity contribution is -0.116. The normalized spacial score (nSPS) is 32.8. The van der Waals surface area contributed by atoms with Crippen LogP contribution in [0.2, 0.25) is 0 Å². The van der Waals surface area contributed by atoms with E-state index in [1.807, 2.05) is 0 Å². The van der Waals surface area contributed by atoms with Gasteiger partial charge < -0.3 is 5.32 Å². The standard InChI is InChI=1S/C10H16N2O/c1-12-6-2-3-9(12)7-8-4-5-11-10(8)13/h7,9H,2-6H2,1H3,(H,11,13)/b8-7+/t9-/m1/s1. The number of rotatable bonds is 1. The fraction of sp³-hybridized carbons (Fsp3) is 0.700. The average Bonchev–Trinajstić information content (AvgIpc) is 2.65. The van der Waals surface area contributed by atoms with Gasteiger partial charge >= 0.3 is 0 Å². The molecule has 1 amide bonds. The lowest BCUT2D eigenvalue weighted by Gasteiger charge is -2.15. The summed E-state index contributed by atoms with van der Waals surface area (Å²) in [6.45, 7) is 1.98. The molecule has 0 unspecified atom stereocenters. The molecule has 1 N–H and O–H groups in total. The van der Waals surface area contributed by atoms with E-state index >= 15 is 0 Å². The van der Waals surface area contributed by atoms with Gasteiger partial charge in [-0.3, -0.25) is 9.69 Å². The second kappa shape index (κ2) is 3.50. The summed E-state index contributed by atoms with van der Waals surface area (Å²) in [6.07, 6.45) is 5.51. The molecular weight excluding hydrogens is 164 g/mol. The number of likely N-dealkylation sites (tertiary alicyclic amines) is 1. The number of hydrogen-bond donors (Lipinski definition) is 1. The van der Waals surface area contributed by atoms with Crippen molar-refractivity contribution in [2.45, 2.75) is 25.3 Å². The summed E-state index contributed by atoms with van der Waals surface area (Å²) < 4.78 is 0. The third-order valence-electron chi connectivity index (χ3n) is 2.94. The van der Waals surface area contributed by atoms with E-state index in [9.17, 15) is 4.79 Å². The van der Waals surface area contributed by atoms with E-state index in [0.29, 0.717) is 6.04 Å². The van der Waals surface area contributed by atoms with Crippen molar-refractivity contribution in [1.29, 1.82) is 0 Å². The fourth-order valence-electron chi connectivity index (χ4n) is 2.08. The summed E-state index contributed by atoms with van der Waals surface area (Å²) in [5.41, 5.74) is 0.985. The van der Waals surface area contributed by atoms with Crippen LogP contribution in [0.5, 0.6) is 0 Å². The Morgan fingerprint density at radius 1 is 1.62 bits per heavy atom. The van der Waals surface area contributed by atoms with E-state index in [-0.39, 0.29) is 5.91 Å². The maximum atomic E-state index is 11.3. The molecule has 1 atom stereocenters. The predicted molar refractivity (Wildman–Crippen MR) is 51.4 cm³/mol. The molecule has 0 radical (unpaired) electrons. The summed E-state index contributed by atoms with van der Waals surface area (Å²) in [7, 11) is 2.13. The Labute approximate surface area is 78.8 Å². The lowest BCUT2D eigenvalue weighted by Crippen LogP contribution is -2.24. The number of hydrogen-bond acceptors (Lipinski definition) is 2. The van der Waals surface area contributed by atoms with Crippen LogP contribution in [0, 0.1) is 0 Å². The Kier molecular flexibility index (Phi) is 2.36. The van der Waals surface area contributed by atoms with Gasteiger partial charge in [0.25, 0.3) is 0 Å². The highest BCUT2D eigenvalue weighted by atomic mass is 16.1. The zero-order valence-corrected chi connectivity index (χ0v) is 8.05. The number of nitrogens with one attached hydrogen (secondary N) is 1. The van der Waals surface area contributed by atoms with Crippen LogP contribution in [0.4, 0.5) is 0 Å². The van der Waals surface area contributed by atoms with Gasteiger partial charge in [0.1, 0.15) is 0 Å². The van der Waals surface area contributed by atoms with Gasteiger partial charge in [0.05, 0.1) is 0 Å². The van der Waals surface area contributed by atoms with E-state index in [4.69, 9.17) is 0 Å². The molecule has 0 aromatic carbocycles. The Balaban J connectivity index is 2.05. The first-order valence-corrected chi connectivity index (χ1v) is 4.96. The van der Waals surface area contributed by atoms with Crippen LogP contribution < -0.4 is 5.32 Å². The van der Waals surface area contributed by atoms with Gasteiger partial charge in [-0.2, -0.15) is 0 Å². The van der Waals surface area contributed by atoms with E-state index in [2.05, 4.69) is 23.3 Å². The van der Waals surface area contributed by atoms with Crippen molar-refractivity contribution >= 4 is 5.91 Å². The summed E-state index contributed by atoms with van der Waals surface area (Å²) in [5.74, 6) is 0.139. The molecule has 2 rings (SSSR count). The van der Waals surface area contributed by atoms with Crippen molar-refractivity contribution in [1.82, 2.24) is 10.2 Å². The van der Waals surface area contributed by atoms with E-state index in [1.165, 1.54) is 12.8 Å². The van der Waals surface area contributed by atoms with Crippen molar-refractivity contribution in [3.63, 3.8) is 0 Å². The monoisotopic (exact) mass is 180 g/mol. The molecule has 0 aromatic rings. The molecule has 13 heavy (non-hydrogen) atoms. The van der Waals surface area contributed by atoms with E-state index in [0.717, 1.165) is 25.1 Å². The minimum absolute atomic E-state index is 0.139. The minimum atomic E-state index is 0.139. The first-order valence-electron chi connectivity index (χ1n) is 4.96. The summed E-state index contributed by atoms with van der Waals surface area (Å²) >= 11 is 0. The molecule has 0 aliphatic carbocycles. The highest BCUT2D eigenvalue weighted by Crippen LogP contribution is 2.19. The number of likely N-dealkylation sites (N-methyl/N-ethyl adjacent to an activating group) is 1. The number of nitrogens with zero attached hydrogens (tertiary/aromatic N) is 1. The second-order valence-electron chi connectivity index (χ2n) is 3.89. The third-order valence-corrected chi connectivity index (χ3v) is 2.94. The van der Waals surface area contributed by atoms with Crippen LogP contribution in [0.1, 0.15) is 19.3 Å². The third kappa shape index (κ3) is 1.75. The first kappa shape index (κ1) is 8.75. The van der Waals surface area contributed by atoms with Crippen LogP contribution in [-0.4, -0.2) is 37.0 Å². The van der Waals surface area contributed by atoms with Crippen LogP contribution in [-0.2, 0) is 4.79 Å². The van der Waals surface area contributed by atoms with Crippen molar-refractivity contribution in [3.8, 4) is 0 Å². The smallest absolute Gasteiger partial charge is 0.247 e. The van der Waals surface area contributed by atoms with E-state index < -0.39 is 0 Å². The second-order valence-corrected chi connectivity index (χ2v) is 3.89. The molecule has 2 heterocycles. The van der Waals surface area contributed by atoms with Crippen LogP contribution in [0.15, 0.2) is 11.6 Å². The maximum Gasteiger partial charge on any atom is 0.247 e. The molecular formula is C10H16N2O.